The van der Waals surface area contributed by atoms with Gasteiger partial charge in [0.2, 0.25) is 0 Å². The number of benzene rings is 2. The number of nitrogens with zero attached hydrogens (tertiary/aromatic N) is 4. The summed E-state index contributed by atoms with van der Waals surface area (Å²) in [6, 6.07) is 8.70. The molecule has 1 aromatic heterocycles. The number of halogens is 3. The summed E-state index contributed by atoms with van der Waals surface area (Å²) < 4.78 is 39.0. The Morgan fingerprint density at radius 2 is 1.52 bits per heavy atom. The Hall–Kier alpha value is -2.70. The van der Waals surface area contributed by atoms with E-state index < -0.39 is 21.7 Å². The summed E-state index contributed by atoms with van der Waals surface area (Å²) in [7, 11) is 0. The topological polar surface area (TPSA) is 127 Å². The van der Waals surface area contributed by atoms with Crippen molar-refractivity contribution in [2.24, 2.45) is 0 Å². The number of alkyl halides is 3. The van der Waals surface area contributed by atoms with E-state index in [1.807, 2.05) is 0 Å². The summed E-state index contributed by atoms with van der Waals surface area (Å²) >= 11 is 0. The zero-order valence-electron chi connectivity index (χ0n) is 13.6. The first-order valence-corrected chi connectivity index (χ1v) is 6.71. The van der Waals surface area contributed by atoms with Gasteiger partial charge in [-0.05, 0) is 30.3 Å². The minimum absolute atomic E-state index is 0. The molecule has 13 heteroatoms. The van der Waals surface area contributed by atoms with Gasteiger partial charge in [-0.1, -0.05) is 0 Å². The van der Waals surface area contributed by atoms with Gasteiger partial charge in [-0.25, -0.2) is 4.68 Å². The summed E-state index contributed by atoms with van der Waals surface area (Å²) in [6.07, 6.45) is -2.86. The maximum atomic E-state index is 12.5. The van der Waals surface area contributed by atoms with Crippen LogP contribution in [0, 0.1) is 25.4 Å². The smallest absolute Gasteiger partial charge is 0.356 e. The van der Waals surface area contributed by atoms with Crippen LogP contribution in [0.3, 0.4) is 0 Å². The van der Waals surface area contributed by atoms with Crippen LogP contribution in [0.5, 0.6) is 0 Å². The quantitative estimate of drug-likeness (QED) is 0.359. The summed E-state index contributed by atoms with van der Waals surface area (Å²) in [4.78, 5) is 18.5. The molecule has 0 saturated carbocycles. The van der Waals surface area contributed by atoms with Gasteiger partial charge in [0.05, 0.1) is 26.8 Å². The van der Waals surface area contributed by atoms with Crippen LogP contribution in [0.2, 0.25) is 0 Å². The average molecular weight is 392 g/mol. The molecule has 0 amide bonds. The van der Waals surface area contributed by atoms with E-state index in [1.165, 1.54) is 41.2 Å². The molecule has 0 aliphatic rings. The Morgan fingerprint density at radius 1 is 0.963 bits per heavy atom. The van der Waals surface area contributed by atoms with Crippen LogP contribution in [-0.4, -0.2) is 19.8 Å². The van der Waals surface area contributed by atoms with Crippen molar-refractivity contribution in [2.45, 2.75) is 6.18 Å². The molecule has 0 aliphatic carbocycles. The minimum Gasteiger partial charge on any atom is -0.356 e. The number of hydrogen-bond donors (Lipinski definition) is 0. The van der Waals surface area contributed by atoms with Crippen LogP contribution < -0.4 is 29.6 Å². The van der Waals surface area contributed by atoms with Crippen LogP contribution in [-0.2, 0) is 6.18 Å². The standard InChI is InChI=1S/C14H8F3N3O2.NO3.Na/c15-14(16,17)10-1-3-11(4-2-10)19-8-9-7-12(20(21)22)5-6-13(9)18-19;2-1(3)4;/h1-8H;;/q;-1;+1. The first-order chi connectivity index (χ1) is 12.1. The van der Waals surface area contributed by atoms with E-state index in [-0.39, 0.29) is 35.2 Å². The normalized spacial score (nSPS) is 10.5. The van der Waals surface area contributed by atoms with Gasteiger partial charge in [-0.2, -0.15) is 18.3 Å². The molecule has 0 atom stereocenters. The van der Waals surface area contributed by atoms with Crippen molar-refractivity contribution in [3.05, 3.63) is 79.7 Å². The van der Waals surface area contributed by atoms with E-state index in [1.54, 1.807) is 0 Å². The number of aromatic nitrogens is 2. The molecule has 0 fully saturated rings. The molecule has 0 aliphatic heterocycles. The Kier molecular flexibility index (Phi) is 7.28. The van der Waals surface area contributed by atoms with Crippen molar-refractivity contribution in [1.29, 1.82) is 0 Å². The van der Waals surface area contributed by atoms with E-state index in [4.69, 9.17) is 15.3 Å². The van der Waals surface area contributed by atoms with Gasteiger partial charge in [0.1, 0.15) is 0 Å². The van der Waals surface area contributed by atoms with Crippen LogP contribution in [0.1, 0.15) is 5.56 Å². The number of nitro benzene ring substituents is 1. The zero-order chi connectivity index (χ0) is 19.5. The molecule has 0 unspecified atom stereocenters. The summed E-state index contributed by atoms with van der Waals surface area (Å²) in [5.41, 5.74) is 0.139. The second-order valence-corrected chi connectivity index (χ2v) is 4.84. The summed E-state index contributed by atoms with van der Waals surface area (Å²) in [5.74, 6) is 0. The molecule has 0 bridgehead atoms. The second-order valence-electron chi connectivity index (χ2n) is 4.84. The molecule has 0 N–H and O–H groups in total. The zero-order valence-corrected chi connectivity index (χ0v) is 15.6. The largest absolute Gasteiger partial charge is 1.00 e. The fourth-order valence-corrected chi connectivity index (χ4v) is 2.06. The molecule has 3 aromatic rings. The fourth-order valence-electron chi connectivity index (χ4n) is 2.06. The number of nitro groups is 1. The van der Waals surface area contributed by atoms with E-state index in [2.05, 4.69) is 5.10 Å². The Labute approximate surface area is 170 Å². The SMILES string of the molecule is O=[N+]([O-])[O-].O=[N+]([O-])c1ccc2nn(-c3ccc(C(F)(F)F)cc3)cc2c1.[Na+]. The third kappa shape index (κ3) is 5.91. The monoisotopic (exact) mass is 392 g/mol. The predicted octanol–water partition coefficient (Wildman–Crippen LogP) is 0.717. The minimum atomic E-state index is -4.39. The van der Waals surface area contributed by atoms with E-state index in [9.17, 15) is 23.3 Å². The van der Waals surface area contributed by atoms with Crippen LogP contribution >= 0.6 is 0 Å². The third-order valence-electron chi connectivity index (χ3n) is 3.16. The number of rotatable bonds is 2. The van der Waals surface area contributed by atoms with Crippen molar-refractivity contribution >= 4 is 16.6 Å². The average Bonchev–Trinajstić information content (AvgIpc) is 2.96. The molecule has 0 spiro atoms. The maximum Gasteiger partial charge on any atom is 1.00 e. The molecule has 3 rings (SSSR count). The van der Waals surface area contributed by atoms with Gasteiger partial charge < -0.3 is 15.3 Å². The first kappa shape index (κ1) is 22.3. The summed E-state index contributed by atoms with van der Waals surface area (Å²) in [6.45, 7) is 0. The fraction of sp³-hybridized carbons (Fsp3) is 0.0714. The van der Waals surface area contributed by atoms with Crippen LogP contribution in [0.4, 0.5) is 18.9 Å². The van der Waals surface area contributed by atoms with Crippen molar-refractivity contribution in [1.82, 2.24) is 9.78 Å². The molecular weight excluding hydrogens is 384 g/mol. The molecule has 9 nitrogen and oxygen atoms in total. The van der Waals surface area contributed by atoms with Gasteiger partial charge in [0, 0.05) is 23.7 Å². The van der Waals surface area contributed by atoms with Gasteiger partial charge in [0.25, 0.3) is 5.69 Å². The Balaban J connectivity index is 0.000000666. The van der Waals surface area contributed by atoms with Crippen molar-refractivity contribution in [2.75, 3.05) is 0 Å². The number of non-ortho nitro benzene ring substituents is 1. The molecule has 27 heavy (non-hydrogen) atoms. The van der Waals surface area contributed by atoms with Crippen molar-refractivity contribution in [3.8, 4) is 5.69 Å². The van der Waals surface area contributed by atoms with Crippen molar-refractivity contribution < 1.29 is 52.7 Å². The van der Waals surface area contributed by atoms with E-state index >= 15 is 0 Å². The Bertz CT molecular complexity index is 956. The molecule has 0 saturated heterocycles. The van der Waals surface area contributed by atoms with E-state index in [0.29, 0.717) is 16.6 Å². The van der Waals surface area contributed by atoms with Crippen LogP contribution in [0.25, 0.3) is 16.6 Å². The van der Waals surface area contributed by atoms with Gasteiger partial charge in [-0.15, -0.1) is 0 Å². The molecule has 136 valence electrons. The molecule has 1 heterocycles. The van der Waals surface area contributed by atoms with Gasteiger partial charge in [-0.3, -0.25) is 10.1 Å². The second kappa shape index (κ2) is 8.79. The maximum absolute atomic E-state index is 12.5. The van der Waals surface area contributed by atoms with Crippen LogP contribution in [0.15, 0.2) is 48.7 Å². The Morgan fingerprint density at radius 3 is 2.00 bits per heavy atom. The molecular formula is C14H8F3N4NaO5. The van der Waals surface area contributed by atoms with Crippen molar-refractivity contribution in [3.63, 3.8) is 0 Å². The first-order valence-electron chi connectivity index (χ1n) is 6.71. The van der Waals surface area contributed by atoms with E-state index in [0.717, 1.165) is 12.1 Å². The third-order valence-corrected chi connectivity index (χ3v) is 3.16. The molecule has 0 radical (unpaired) electrons. The number of fused-ring (bicyclic) bond motifs is 1. The number of hydrogen-bond acceptors (Lipinski definition) is 6. The molecule has 2 aromatic carbocycles. The summed E-state index contributed by atoms with van der Waals surface area (Å²) in [5, 5.41) is 30.2. The predicted molar refractivity (Wildman–Crippen MR) is 83.1 cm³/mol. The van der Waals surface area contributed by atoms with Gasteiger partial charge in [0.15, 0.2) is 0 Å². The van der Waals surface area contributed by atoms with Gasteiger partial charge >= 0.3 is 35.7 Å².